The smallest absolute Gasteiger partial charge is 0.0820 e. The summed E-state index contributed by atoms with van der Waals surface area (Å²) in [6.45, 7) is 6.56. The van der Waals surface area contributed by atoms with Gasteiger partial charge >= 0.3 is 0 Å². The average molecular weight is 261 g/mol. The number of pyridine rings is 1. The highest BCUT2D eigenvalue weighted by Gasteiger charge is 2.24. The second-order valence-electron chi connectivity index (χ2n) is 4.90. The molecule has 1 N–H and O–H groups in total. The Morgan fingerprint density at radius 3 is 2.62 bits per heavy atom. The number of hydrogen-bond acceptors (Lipinski definition) is 2. The molecule has 1 aromatic heterocycles. The predicted molar refractivity (Wildman–Crippen MR) is 71.4 cm³/mol. The molecule has 0 fully saturated rings. The van der Waals surface area contributed by atoms with Crippen LogP contribution in [-0.2, 0) is 0 Å². The number of hydrogen-bond donors (Lipinski definition) is 1. The molecule has 1 aromatic rings. The minimum Gasteiger partial charge on any atom is -0.380 e. The summed E-state index contributed by atoms with van der Waals surface area (Å²) in [5, 5.41) is 4.08. The third-order valence-electron chi connectivity index (χ3n) is 2.55. The van der Waals surface area contributed by atoms with Crippen LogP contribution in [0.5, 0.6) is 0 Å². The fourth-order valence-electron chi connectivity index (χ4n) is 1.51. The second-order valence-corrected chi connectivity index (χ2v) is 5.68. The van der Waals surface area contributed by atoms with Crippen molar-refractivity contribution < 1.29 is 0 Å². The molecule has 1 rings (SSSR count). The van der Waals surface area contributed by atoms with Crippen molar-refractivity contribution >= 4 is 28.9 Å². The zero-order valence-corrected chi connectivity index (χ0v) is 11.4. The van der Waals surface area contributed by atoms with Crippen molar-refractivity contribution in [2.75, 3.05) is 11.2 Å². The van der Waals surface area contributed by atoms with Crippen LogP contribution >= 0.6 is 23.2 Å². The van der Waals surface area contributed by atoms with Crippen molar-refractivity contribution in [1.29, 1.82) is 0 Å². The van der Waals surface area contributed by atoms with Gasteiger partial charge in [0.15, 0.2) is 0 Å². The van der Waals surface area contributed by atoms with Crippen LogP contribution in [0.4, 0.5) is 5.69 Å². The molecule has 0 aromatic carbocycles. The highest BCUT2D eigenvalue weighted by molar-refractivity contribution is 6.33. The Morgan fingerprint density at radius 1 is 1.44 bits per heavy atom. The fraction of sp³-hybridized carbons (Fsp3) is 0.583. The molecule has 1 heterocycles. The van der Waals surface area contributed by atoms with Gasteiger partial charge in [0.1, 0.15) is 0 Å². The van der Waals surface area contributed by atoms with Crippen molar-refractivity contribution in [2.45, 2.75) is 33.2 Å². The van der Waals surface area contributed by atoms with E-state index in [2.05, 4.69) is 31.1 Å². The molecule has 0 saturated heterocycles. The van der Waals surface area contributed by atoms with Gasteiger partial charge in [0.2, 0.25) is 0 Å². The van der Waals surface area contributed by atoms with E-state index in [1.807, 2.05) is 6.07 Å². The molecule has 0 amide bonds. The molecular weight excluding hydrogens is 243 g/mol. The molecule has 4 heteroatoms. The number of halogens is 2. The van der Waals surface area contributed by atoms with Crippen molar-refractivity contribution in [3.8, 4) is 0 Å². The number of rotatable bonds is 4. The van der Waals surface area contributed by atoms with Gasteiger partial charge in [0.25, 0.3) is 0 Å². The van der Waals surface area contributed by atoms with E-state index in [1.165, 1.54) is 0 Å². The zero-order chi connectivity index (χ0) is 12.2. The highest BCUT2D eigenvalue weighted by atomic mass is 35.5. The van der Waals surface area contributed by atoms with E-state index in [4.69, 9.17) is 23.2 Å². The van der Waals surface area contributed by atoms with Crippen LogP contribution in [0.1, 0.15) is 27.2 Å². The maximum atomic E-state index is 6.06. The average Bonchev–Trinajstić information content (AvgIpc) is 2.19. The Hall–Kier alpha value is -0.470. The molecule has 0 aliphatic carbocycles. The number of anilines is 1. The first-order valence-corrected chi connectivity index (χ1v) is 6.28. The van der Waals surface area contributed by atoms with Crippen LogP contribution in [0, 0.1) is 5.41 Å². The van der Waals surface area contributed by atoms with E-state index in [-0.39, 0.29) is 5.41 Å². The van der Waals surface area contributed by atoms with E-state index >= 15 is 0 Å². The molecule has 0 bridgehead atoms. The molecule has 0 aliphatic rings. The number of nitrogens with one attached hydrogen (secondary N) is 1. The van der Waals surface area contributed by atoms with E-state index in [9.17, 15) is 0 Å². The van der Waals surface area contributed by atoms with Crippen LogP contribution < -0.4 is 5.32 Å². The van der Waals surface area contributed by atoms with Gasteiger partial charge in [-0.15, -0.1) is 11.6 Å². The quantitative estimate of drug-likeness (QED) is 0.822. The molecule has 2 nitrogen and oxygen atoms in total. The highest BCUT2D eigenvalue weighted by Crippen LogP contribution is 2.28. The van der Waals surface area contributed by atoms with E-state index in [0.717, 1.165) is 12.1 Å². The number of alkyl halides is 1. The summed E-state index contributed by atoms with van der Waals surface area (Å²) in [5.74, 6) is 0.637. The number of aromatic nitrogens is 1. The summed E-state index contributed by atoms with van der Waals surface area (Å²) in [6, 6.07) is 2.18. The lowest BCUT2D eigenvalue weighted by atomic mass is 9.85. The standard InChI is InChI=1S/C12H18Cl2N2/c1-12(2,3)11(4-6-13)16-10-5-7-15-8-9(10)14/h5,7-8,11H,4,6H2,1-3H3,(H,15,16). The lowest BCUT2D eigenvalue weighted by Crippen LogP contribution is -2.34. The lowest BCUT2D eigenvalue weighted by molar-refractivity contribution is 0.334. The summed E-state index contributed by atoms with van der Waals surface area (Å²) in [6.07, 6.45) is 4.28. The first-order valence-electron chi connectivity index (χ1n) is 5.37. The van der Waals surface area contributed by atoms with Crippen LogP contribution in [0.3, 0.4) is 0 Å². The summed E-state index contributed by atoms with van der Waals surface area (Å²) >= 11 is 11.9. The Labute approximate surface area is 107 Å². The first-order chi connectivity index (χ1) is 7.45. The van der Waals surface area contributed by atoms with Gasteiger partial charge in [0.05, 0.1) is 10.7 Å². The topological polar surface area (TPSA) is 24.9 Å². The Kier molecular flexibility index (Phi) is 4.88. The molecule has 0 spiro atoms. The molecular formula is C12H18Cl2N2. The van der Waals surface area contributed by atoms with Gasteiger partial charge in [-0.25, -0.2) is 0 Å². The third kappa shape index (κ3) is 3.84. The summed E-state index contributed by atoms with van der Waals surface area (Å²) < 4.78 is 0. The van der Waals surface area contributed by atoms with E-state index in [0.29, 0.717) is 16.9 Å². The Balaban J connectivity index is 2.80. The zero-order valence-electron chi connectivity index (χ0n) is 9.93. The first kappa shape index (κ1) is 13.6. The van der Waals surface area contributed by atoms with Crippen molar-refractivity contribution in [3.63, 3.8) is 0 Å². The third-order valence-corrected chi connectivity index (χ3v) is 3.06. The van der Waals surface area contributed by atoms with Crippen LogP contribution in [0.25, 0.3) is 0 Å². The van der Waals surface area contributed by atoms with Crippen LogP contribution in [-0.4, -0.2) is 16.9 Å². The Bertz CT molecular complexity index is 334. The molecule has 0 saturated carbocycles. The maximum absolute atomic E-state index is 6.06. The number of nitrogens with zero attached hydrogens (tertiary/aromatic N) is 1. The summed E-state index contributed by atoms with van der Waals surface area (Å²) in [4.78, 5) is 3.96. The molecule has 1 unspecified atom stereocenters. The molecule has 0 radical (unpaired) electrons. The lowest BCUT2D eigenvalue weighted by Gasteiger charge is -2.32. The largest absolute Gasteiger partial charge is 0.380 e. The maximum Gasteiger partial charge on any atom is 0.0820 e. The van der Waals surface area contributed by atoms with Gasteiger partial charge in [0, 0.05) is 24.3 Å². The van der Waals surface area contributed by atoms with Crippen LogP contribution in [0.2, 0.25) is 5.02 Å². The van der Waals surface area contributed by atoms with Crippen molar-refractivity contribution in [1.82, 2.24) is 4.98 Å². The van der Waals surface area contributed by atoms with Gasteiger partial charge in [-0.05, 0) is 17.9 Å². The van der Waals surface area contributed by atoms with E-state index in [1.54, 1.807) is 12.4 Å². The van der Waals surface area contributed by atoms with Gasteiger partial charge in [-0.1, -0.05) is 32.4 Å². The normalized spacial score (nSPS) is 13.6. The molecule has 1 atom stereocenters. The summed E-state index contributed by atoms with van der Waals surface area (Å²) in [7, 11) is 0. The SMILES string of the molecule is CC(C)(C)C(CCCl)Nc1ccncc1Cl. The predicted octanol–water partition coefficient (Wildman–Crippen LogP) is 4.19. The molecule has 90 valence electrons. The van der Waals surface area contributed by atoms with E-state index < -0.39 is 0 Å². The molecule has 0 aliphatic heterocycles. The second kappa shape index (κ2) is 5.74. The summed E-state index contributed by atoms with van der Waals surface area (Å²) in [5.41, 5.74) is 1.06. The van der Waals surface area contributed by atoms with Gasteiger partial charge in [-0.2, -0.15) is 0 Å². The van der Waals surface area contributed by atoms with Crippen molar-refractivity contribution in [3.05, 3.63) is 23.5 Å². The minimum absolute atomic E-state index is 0.140. The molecule has 16 heavy (non-hydrogen) atoms. The minimum atomic E-state index is 0.140. The fourth-order valence-corrected chi connectivity index (χ4v) is 1.90. The van der Waals surface area contributed by atoms with Crippen LogP contribution in [0.15, 0.2) is 18.5 Å². The van der Waals surface area contributed by atoms with Gasteiger partial charge < -0.3 is 5.32 Å². The van der Waals surface area contributed by atoms with Crippen molar-refractivity contribution in [2.24, 2.45) is 5.41 Å². The Morgan fingerprint density at radius 2 is 2.12 bits per heavy atom. The monoisotopic (exact) mass is 260 g/mol. The van der Waals surface area contributed by atoms with Gasteiger partial charge in [-0.3, -0.25) is 4.98 Å².